The molecule has 1 atom stereocenters. The molecular formula is C15H21ClN2O. The lowest BCUT2D eigenvalue weighted by Crippen LogP contribution is -2.51. The van der Waals surface area contributed by atoms with Gasteiger partial charge in [0.05, 0.1) is 5.54 Å². The van der Waals surface area contributed by atoms with Crippen LogP contribution in [-0.4, -0.2) is 19.0 Å². The maximum atomic E-state index is 12.3. The number of carbonyl (C=O) groups excluding carboxylic acids is 1. The highest BCUT2D eigenvalue weighted by molar-refractivity contribution is 5.85. The molecule has 0 radical (unpaired) electrons. The molecule has 3 rings (SSSR count). The lowest BCUT2D eigenvalue weighted by molar-refractivity contribution is -0.127. The summed E-state index contributed by atoms with van der Waals surface area (Å²) in [6.45, 7) is 4.00. The molecule has 104 valence electrons. The van der Waals surface area contributed by atoms with E-state index in [0.717, 1.165) is 25.9 Å². The monoisotopic (exact) mass is 280 g/mol. The van der Waals surface area contributed by atoms with E-state index in [1.807, 2.05) is 25.1 Å². The number of benzene rings is 1. The highest BCUT2D eigenvalue weighted by atomic mass is 35.5. The summed E-state index contributed by atoms with van der Waals surface area (Å²) in [7, 11) is 0. The Morgan fingerprint density at radius 3 is 2.42 bits per heavy atom. The molecule has 1 aliphatic carbocycles. The first kappa shape index (κ1) is 14.4. The first-order chi connectivity index (χ1) is 8.71. The van der Waals surface area contributed by atoms with E-state index < -0.39 is 0 Å². The number of hydrogen-bond acceptors (Lipinski definition) is 2. The van der Waals surface area contributed by atoms with E-state index >= 15 is 0 Å². The van der Waals surface area contributed by atoms with E-state index in [1.54, 1.807) is 0 Å². The lowest BCUT2D eigenvalue weighted by atomic mass is 9.88. The Kier molecular flexibility index (Phi) is 4.16. The van der Waals surface area contributed by atoms with Crippen molar-refractivity contribution in [2.24, 2.45) is 11.8 Å². The second-order valence-corrected chi connectivity index (χ2v) is 5.64. The fourth-order valence-electron chi connectivity index (χ4n) is 2.60. The zero-order chi connectivity index (χ0) is 12.6. The van der Waals surface area contributed by atoms with Crippen molar-refractivity contribution in [3.05, 3.63) is 35.9 Å². The minimum Gasteiger partial charge on any atom is -0.346 e. The molecule has 0 aromatic heterocycles. The number of rotatable bonds is 4. The minimum absolute atomic E-state index is 0. The molecule has 0 spiro atoms. The Hall–Kier alpha value is -1.06. The first-order valence-corrected chi connectivity index (χ1v) is 6.79. The van der Waals surface area contributed by atoms with Crippen LogP contribution in [0.2, 0.25) is 0 Å². The van der Waals surface area contributed by atoms with E-state index in [-0.39, 0.29) is 29.8 Å². The fourth-order valence-corrected chi connectivity index (χ4v) is 2.60. The van der Waals surface area contributed by atoms with Crippen LogP contribution in [0.25, 0.3) is 0 Å². The van der Waals surface area contributed by atoms with Crippen LogP contribution in [0.5, 0.6) is 0 Å². The van der Waals surface area contributed by atoms with Crippen molar-refractivity contribution in [3.63, 3.8) is 0 Å². The van der Waals surface area contributed by atoms with Gasteiger partial charge < -0.3 is 10.6 Å². The van der Waals surface area contributed by atoms with Crippen LogP contribution in [0, 0.1) is 11.8 Å². The molecule has 1 amide bonds. The summed E-state index contributed by atoms with van der Waals surface area (Å²) < 4.78 is 0. The number of carbonyl (C=O) groups is 1. The molecular weight excluding hydrogens is 260 g/mol. The van der Waals surface area contributed by atoms with Crippen molar-refractivity contribution in [3.8, 4) is 0 Å². The van der Waals surface area contributed by atoms with Gasteiger partial charge in [-0.15, -0.1) is 12.4 Å². The maximum Gasteiger partial charge on any atom is 0.223 e. The fraction of sp³-hybridized carbons (Fsp3) is 0.533. The summed E-state index contributed by atoms with van der Waals surface area (Å²) in [6.07, 6.45) is 2.14. The molecule has 19 heavy (non-hydrogen) atoms. The van der Waals surface area contributed by atoms with Crippen LogP contribution in [0.15, 0.2) is 30.3 Å². The predicted molar refractivity (Wildman–Crippen MR) is 78.3 cm³/mol. The van der Waals surface area contributed by atoms with Gasteiger partial charge in [0.15, 0.2) is 0 Å². The van der Waals surface area contributed by atoms with Crippen molar-refractivity contribution >= 4 is 18.3 Å². The quantitative estimate of drug-likeness (QED) is 0.887. The third-order valence-electron chi connectivity index (χ3n) is 4.37. The molecule has 2 aliphatic rings. The summed E-state index contributed by atoms with van der Waals surface area (Å²) in [4.78, 5) is 12.3. The Bertz CT molecular complexity index is 441. The minimum atomic E-state index is -0.0657. The molecule has 1 heterocycles. The van der Waals surface area contributed by atoms with Crippen LogP contribution in [0.4, 0.5) is 0 Å². The smallest absolute Gasteiger partial charge is 0.223 e. The summed E-state index contributed by atoms with van der Waals surface area (Å²) in [5.74, 6) is 0.840. The average Bonchev–Trinajstić information content (AvgIpc) is 3.09. The zero-order valence-corrected chi connectivity index (χ0v) is 12.0. The molecule has 3 nitrogen and oxygen atoms in total. The molecule has 2 fully saturated rings. The Labute approximate surface area is 120 Å². The van der Waals surface area contributed by atoms with Crippen LogP contribution >= 0.6 is 12.4 Å². The van der Waals surface area contributed by atoms with Gasteiger partial charge in [0, 0.05) is 5.92 Å². The van der Waals surface area contributed by atoms with Crippen molar-refractivity contribution in [1.82, 2.24) is 10.6 Å². The van der Waals surface area contributed by atoms with Crippen LogP contribution in [0.1, 0.15) is 25.3 Å². The van der Waals surface area contributed by atoms with Gasteiger partial charge in [-0.1, -0.05) is 37.3 Å². The number of hydrogen-bond donors (Lipinski definition) is 2. The van der Waals surface area contributed by atoms with Crippen molar-refractivity contribution in [1.29, 1.82) is 0 Å². The topological polar surface area (TPSA) is 41.1 Å². The Morgan fingerprint density at radius 2 is 1.95 bits per heavy atom. The van der Waals surface area contributed by atoms with Gasteiger partial charge in [0.2, 0.25) is 5.91 Å². The van der Waals surface area contributed by atoms with Gasteiger partial charge in [0.1, 0.15) is 0 Å². The number of amides is 1. The Balaban J connectivity index is 0.00000133. The molecule has 0 bridgehead atoms. The summed E-state index contributed by atoms with van der Waals surface area (Å²) in [6, 6.07) is 10.3. The molecule has 1 saturated heterocycles. The molecule has 1 saturated carbocycles. The van der Waals surface area contributed by atoms with Crippen LogP contribution in [0.3, 0.4) is 0 Å². The highest BCUT2D eigenvalue weighted by Crippen LogP contribution is 2.45. The van der Waals surface area contributed by atoms with Crippen LogP contribution in [-0.2, 0) is 10.3 Å². The van der Waals surface area contributed by atoms with E-state index in [4.69, 9.17) is 0 Å². The van der Waals surface area contributed by atoms with Gasteiger partial charge in [-0.05, 0) is 37.4 Å². The predicted octanol–water partition coefficient (Wildman–Crippen LogP) is 2.07. The second kappa shape index (κ2) is 5.51. The third-order valence-corrected chi connectivity index (χ3v) is 4.37. The van der Waals surface area contributed by atoms with Gasteiger partial charge in [-0.2, -0.15) is 0 Å². The zero-order valence-electron chi connectivity index (χ0n) is 11.2. The van der Waals surface area contributed by atoms with Crippen molar-refractivity contribution in [2.75, 3.05) is 13.1 Å². The van der Waals surface area contributed by atoms with Gasteiger partial charge in [0.25, 0.3) is 0 Å². The first-order valence-electron chi connectivity index (χ1n) is 6.79. The SMILES string of the molecule is CC(C(=O)NC1(c2ccccc2)CC1)C1CNC1.Cl. The third kappa shape index (κ3) is 2.77. The lowest BCUT2D eigenvalue weighted by Gasteiger charge is -2.33. The second-order valence-electron chi connectivity index (χ2n) is 5.64. The van der Waals surface area contributed by atoms with Gasteiger partial charge in [-0.25, -0.2) is 0 Å². The standard InChI is InChI=1S/C15H20N2O.ClH/c1-11(12-9-16-10-12)14(18)17-15(7-8-15)13-5-3-2-4-6-13;/h2-6,11-12,16H,7-10H2,1H3,(H,17,18);1H. The molecule has 4 heteroatoms. The van der Waals surface area contributed by atoms with Gasteiger partial charge in [-0.3, -0.25) is 4.79 Å². The highest BCUT2D eigenvalue weighted by Gasteiger charge is 2.46. The summed E-state index contributed by atoms with van der Waals surface area (Å²) in [5.41, 5.74) is 1.18. The van der Waals surface area contributed by atoms with Crippen molar-refractivity contribution in [2.45, 2.75) is 25.3 Å². The molecule has 1 unspecified atom stereocenters. The summed E-state index contributed by atoms with van der Waals surface area (Å²) >= 11 is 0. The molecule has 2 N–H and O–H groups in total. The molecule has 1 aromatic rings. The van der Waals surface area contributed by atoms with E-state index in [9.17, 15) is 4.79 Å². The van der Waals surface area contributed by atoms with Crippen LogP contribution < -0.4 is 10.6 Å². The van der Waals surface area contributed by atoms with E-state index in [1.165, 1.54) is 5.56 Å². The van der Waals surface area contributed by atoms with E-state index in [2.05, 4.69) is 22.8 Å². The molecule has 1 aromatic carbocycles. The number of halogens is 1. The average molecular weight is 281 g/mol. The van der Waals surface area contributed by atoms with Crippen molar-refractivity contribution < 1.29 is 4.79 Å². The number of nitrogens with one attached hydrogen (secondary N) is 2. The maximum absolute atomic E-state index is 12.3. The molecule has 1 aliphatic heterocycles. The Morgan fingerprint density at radius 1 is 1.32 bits per heavy atom. The largest absolute Gasteiger partial charge is 0.346 e. The normalized spacial score (nSPS) is 21.7. The van der Waals surface area contributed by atoms with E-state index in [0.29, 0.717) is 5.92 Å². The summed E-state index contributed by atoms with van der Waals surface area (Å²) in [5, 5.41) is 6.49. The van der Waals surface area contributed by atoms with Gasteiger partial charge >= 0.3 is 0 Å².